The Balaban J connectivity index is 1.96. The lowest BCUT2D eigenvalue weighted by Crippen LogP contribution is -2.14. The van der Waals surface area contributed by atoms with Gasteiger partial charge in [-0.2, -0.15) is 0 Å². The van der Waals surface area contributed by atoms with E-state index in [2.05, 4.69) is 5.32 Å². The molecule has 0 bridgehead atoms. The van der Waals surface area contributed by atoms with Crippen LogP contribution < -0.4 is 5.32 Å². The number of benzene rings is 2. The largest absolute Gasteiger partial charge is 0.478 e. The van der Waals surface area contributed by atoms with Gasteiger partial charge in [0, 0.05) is 18.7 Å². The molecule has 0 fully saturated rings. The molecule has 0 aliphatic carbocycles. The first-order valence-electron chi connectivity index (χ1n) is 6.51. The van der Waals surface area contributed by atoms with E-state index in [0.29, 0.717) is 12.1 Å². The fourth-order valence-corrected chi connectivity index (χ4v) is 1.95. The molecule has 5 heteroatoms. The number of rotatable bonds is 6. The Bertz CT molecular complexity index is 626. The van der Waals surface area contributed by atoms with Crippen molar-refractivity contribution in [2.75, 3.05) is 0 Å². The second-order valence-corrected chi connectivity index (χ2v) is 4.69. The number of aliphatic hydroxyl groups is 1. The van der Waals surface area contributed by atoms with Crippen molar-refractivity contribution in [3.05, 3.63) is 70.5 Å². The topological polar surface area (TPSA) is 69.6 Å². The molecule has 0 aliphatic rings. The maximum absolute atomic E-state index is 13.6. The summed E-state index contributed by atoms with van der Waals surface area (Å²) in [6, 6.07) is 11.1. The Kier molecular flexibility index (Phi) is 5.03. The summed E-state index contributed by atoms with van der Waals surface area (Å²) in [4.78, 5) is 10.9. The normalized spacial score (nSPS) is 10.6. The van der Waals surface area contributed by atoms with Crippen LogP contribution in [0.4, 0.5) is 4.39 Å². The predicted molar refractivity (Wildman–Crippen MR) is 76.3 cm³/mol. The average molecular weight is 289 g/mol. The lowest BCUT2D eigenvalue weighted by Gasteiger charge is -2.08. The molecular formula is C16H16FNO3. The highest BCUT2D eigenvalue weighted by atomic mass is 19.1. The molecule has 21 heavy (non-hydrogen) atoms. The average Bonchev–Trinajstić information content (AvgIpc) is 2.49. The third-order valence-electron chi connectivity index (χ3n) is 3.14. The first-order valence-corrected chi connectivity index (χ1v) is 6.51. The fourth-order valence-electron chi connectivity index (χ4n) is 1.95. The molecule has 2 aromatic carbocycles. The maximum Gasteiger partial charge on any atom is 0.335 e. The summed E-state index contributed by atoms with van der Waals surface area (Å²) >= 11 is 0. The summed E-state index contributed by atoms with van der Waals surface area (Å²) in [7, 11) is 0. The van der Waals surface area contributed by atoms with Crippen molar-refractivity contribution in [1.82, 2.24) is 5.32 Å². The molecule has 2 aromatic rings. The van der Waals surface area contributed by atoms with Crippen LogP contribution in [0.3, 0.4) is 0 Å². The Labute approximate surface area is 121 Å². The van der Waals surface area contributed by atoms with Crippen LogP contribution in [0.15, 0.2) is 42.5 Å². The van der Waals surface area contributed by atoms with Crippen LogP contribution >= 0.6 is 0 Å². The van der Waals surface area contributed by atoms with Crippen molar-refractivity contribution in [2.45, 2.75) is 19.7 Å². The second kappa shape index (κ2) is 6.97. The SMILES string of the molecule is O=C(O)c1ccc(F)c(CNCc2ccc(CO)cc2)c1. The Hall–Kier alpha value is -2.24. The number of nitrogens with one attached hydrogen (secondary N) is 1. The van der Waals surface area contributed by atoms with Crippen molar-refractivity contribution >= 4 is 5.97 Å². The van der Waals surface area contributed by atoms with E-state index in [1.807, 2.05) is 24.3 Å². The van der Waals surface area contributed by atoms with Crippen molar-refractivity contribution in [1.29, 1.82) is 0 Å². The smallest absolute Gasteiger partial charge is 0.335 e. The molecule has 2 rings (SSSR count). The zero-order chi connectivity index (χ0) is 15.2. The molecule has 110 valence electrons. The summed E-state index contributed by atoms with van der Waals surface area (Å²) in [5.41, 5.74) is 2.23. The van der Waals surface area contributed by atoms with Gasteiger partial charge in [0.05, 0.1) is 12.2 Å². The van der Waals surface area contributed by atoms with Crippen LogP contribution in [0.1, 0.15) is 27.0 Å². The summed E-state index contributed by atoms with van der Waals surface area (Å²) in [6.45, 7) is 0.776. The minimum Gasteiger partial charge on any atom is -0.478 e. The van der Waals surface area contributed by atoms with E-state index in [0.717, 1.165) is 17.2 Å². The minimum absolute atomic E-state index is 0.000893. The van der Waals surface area contributed by atoms with Crippen LogP contribution in [0.25, 0.3) is 0 Å². The highest BCUT2D eigenvalue weighted by Crippen LogP contribution is 2.11. The van der Waals surface area contributed by atoms with Gasteiger partial charge in [0.1, 0.15) is 5.82 Å². The van der Waals surface area contributed by atoms with E-state index in [1.54, 1.807) is 0 Å². The lowest BCUT2D eigenvalue weighted by molar-refractivity contribution is 0.0696. The van der Waals surface area contributed by atoms with Crippen molar-refractivity contribution in [3.8, 4) is 0 Å². The third kappa shape index (κ3) is 4.11. The second-order valence-electron chi connectivity index (χ2n) is 4.69. The molecule has 0 aliphatic heterocycles. The molecule has 0 spiro atoms. The maximum atomic E-state index is 13.6. The number of hydrogen-bond donors (Lipinski definition) is 3. The van der Waals surface area contributed by atoms with E-state index >= 15 is 0 Å². The highest BCUT2D eigenvalue weighted by molar-refractivity contribution is 5.87. The summed E-state index contributed by atoms with van der Waals surface area (Å²) in [6.07, 6.45) is 0. The van der Waals surface area contributed by atoms with Crippen molar-refractivity contribution in [2.24, 2.45) is 0 Å². The van der Waals surface area contributed by atoms with Gasteiger partial charge in [-0.25, -0.2) is 9.18 Å². The lowest BCUT2D eigenvalue weighted by atomic mass is 10.1. The van der Waals surface area contributed by atoms with Crippen molar-refractivity contribution < 1.29 is 19.4 Å². The number of hydrogen-bond acceptors (Lipinski definition) is 3. The summed E-state index contributed by atoms with van der Waals surface area (Å²) in [5.74, 6) is -1.50. The standard InChI is InChI=1S/C16H16FNO3/c17-15-6-5-13(16(20)21)7-14(15)9-18-8-11-1-3-12(10-19)4-2-11/h1-7,18-19H,8-10H2,(H,20,21). The number of carboxylic acid groups (broad SMARTS) is 1. The van der Waals surface area contributed by atoms with Gasteiger partial charge in [-0.05, 0) is 29.3 Å². The van der Waals surface area contributed by atoms with Crippen LogP contribution in [-0.2, 0) is 19.7 Å². The van der Waals surface area contributed by atoms with Gasteiger partial charge < -0.3 is 15.5 Å². The predicted octanol–water partition coefficient (Wildman–Crippen LogP) is 2.31. The van der Waals surface area contributed by atoms with E-state index in [4.69, 9.17) is 10.2 Å². The first-order chi connectivity index (χ1) is 10.1. The van der Waals surface area contributed by atoms with Gasteiger partial charge in [0.2, 0.25) is 0 Å². The monoisotopic (exact) mass is 289 g/mol. The highest BCUT2D eigenvalue weighted by Gasteiger charge is 2.08. The van der Waals surface area contributed by atoms with Gasteiger partial charge in [-0.3, -0.25) is 0 Å². The number of aromatic carboxylic acids is 1. The summed E-state index contributed by atoms with van der Waals surface area (Å²) in [5, 5.41) is 20.9. The number of halogens is 1. The molecule has 0 radical (unpaired) electrons. The molecule has 0 amide bonds. The van der Waals surface area contributed by atoms with Gasteiger partial charge in [-0.1, -0.05) is 24.3 Å². The van der Waals surface area contributed by atoms with Gasteiger partial charge in [-0.15, -0.1) is 0 Å². The zero-order valence-corrected chi connectivity index (χ0v) is 11.3. The van der Waals surface area contributed by atoms with Gasteiger partial charge in [0.25, 0.3) is 0 Å². The van der Waals surface area contributed by atoms with Crippen molar-refractivity contribution in [3.63, 3.8) is 0 Å². The van der Waals surface area contributed by atoms with Gasteiger partial charge in [0.15, 0.2) is 0 Å². The number of carboxylic acids is 1. The Morgan fingerprint density at radius 3 is 2.33 bits per heavy atom. The van der Waals surface area contributed by atoms with E-state index < -0.39 is 11.8 Å². The number of aliphatic hydroxyl groups excluding tert-OH is 1. The molecule has 0 aromatic heterocycles. The molecule has 4 nitrogen and oxygen atoms in total. The quantitative estimate of drug-likeness (QED) is 0.763. The fraction of sp³-hybridized carbons (Fsp3) is 0.188. The van der Waals surface area contributed by atoms with Crippen LogP contribution in [0, 0.1) is 5.82 Å². The Morgan fingerprint density at radius 2 is 1.71 bits per heavy atom. The van der Waals surface area contributed by atoms with Crippen LogP contribution in [0.5, 0.6) is 0 Å². The molecule has 0 heterocycles. The molecule has 0 atom stereocenters. The van der Waals surface area contributed by atoms with E-state index in [9.17, 15) is 9.18 Å². The molecule has 0 saturated carbocycles. The van der Waals surface area contributed by atoms with Crippen LogP contribution in [-0.4, -0.2) is 16.2 Å². The molecule has 3 N–H and O–H groups in total. The van der Waals surface area contributed by atoms with Gasteiger partial charge >= 0.3 is 5.97 Å². The minimum atomic E-state index is -1.07. The number of carbonyl (C=O) groups is 1. The summed E-state index contributed by atoms with van der Waals surface area (Å²) < 4.78 is 13.6. The molecular weight excluding hydrogens is 273 g/mol. The zero-order valence-electron chi connectivity index (χ0n) is 11.3. The van der Waals surface area contributed by atoms with E-state index in [1.165, 1.54) is 12.1 Å². The van der Waals surface area contributed by atoms with E-state index in [-0.39, 0.29) is 18.7 Å². The molecule has 0 unspecified atom stereocenters. The molecule has 0 saturated heterocycles. The van der Waals surface area contributed by atoms with Crippen LogP contribution in [0.2, 0.25) is 0 Å². The first kappa shape index (κ1) is 15.2. The third-order valence-corrected chi connectivity index (χ3v) is 3.14. The Morgan fingerprint density at radius 1 is 1.05 bits per heavy atom.